The molecule has 9 heteroatoms. The number of ether oxygens (including phenoxy) is 3. The first-order chi connectivity index (χ1) is 16.3. The van der Waals surface area contributed by atoms with Crippen LogP contribution in [0.2, 0.25) is 0 Å². The van der Waals surface area contributed by atoms with Crippen LogP contribution in [-0.2, 0) is 20.9 Å². The summed E-state index contributed by atoms with van der Waals surface area (Å²) in [5.74, 6) is -0.748. The molecule has 0 N–H and O–H groups in total. The van der Waals surface area contributed by atoms with E-state index in [-0.39, 0.29) is 18.9 Å². The lowest BCUT2D eigenvalue weighted by Crippen LogP contribution is -2.35. The number of likely N-dealkylation sites (N-methyl/N-ethyl adjacent to an activating group) is 1. The van der Waals surface area contributed by atoms with Crippen molar-refractivity contribution >= 4 is 23.7 Å². The van der Waals surface area contributed by atoms with Gasteiger partial charge < -0.3 is 19.1 Å². The van der Waals surface area contributed by atoms with Crippen molar-refractivity contribution in [2.24, 2.45) is 0 Å². The highest BCUT2D eigenvalue weighted by atomic mass is 16.5. The molecule has 0 saturated carbocycles. The van der Waals surface area contributed by atoms with Crippen LogP contribution in [0.25, 0.3) is 0 Å². The van der Waals surface area contributed by atoms with Crippen molar-refractivity contribution in [2.45, 2.75) is 26.8 Å². The van der Waals surface area contributed by atoms with Gasteiger partial charge in [-0.1, -0.05) is 17.7 Å². The van der Waals surface area contributed by atoms with Gasteiger partial charge in [0.15, 0.2) is 18.1 Å². The second kappa shape index (κ2) is 10.8. The van der Waals surface area contributed by atoms with E-state index in [1.54, 1.807) is 42.3 Å². The van der Waals surface area contributed by atoms with Crippen LogP contribution in [0, 0.1) is 6.92 Å². The van der Waals surface area contributed by atoms with Crippen molar-refractivity contribution < 1.29 is 33.4 Å². The first-order valence-corrected chi connectivity index (χ1v) is 10.9. The fourth-order valence-electron chi connectivity index (χ4n) is 3.69. The summed E-state index contributed by atoms with van der Waals surface area (Å²) in [7, 11) is 3.08. The van der Waals surface area contributed by atoms with Gasteiger partial charge in [-0.05, 0) is 43.7 Å². The van der Waals surface area contributed by atoms with E-state index in [0.717, 1.165) is 16.0 Å². The molecule has 0 unspecified atom stereocenters. The van der Waals surface area contributed by atoms with Crippen LogP contribution >= 0.6 is 0 Å². The van der Waals surface area contributed by atoms with Crippen LogP contribution in [0.15, 0.2) is 36.4 Å². The van der Waals surface area contributed by atoms with Crippen LogP contribution in [0.5, 0.6) is 11.5 Å². The normalized spacial score (nSPS) is 12.4. The lowest BCUT2D eigenvalue weighted by molar-refractivity contribution is -0.152. The first kappa shape index (κ1) is 24.8. The highest BCUT2D eigenvalue weighted by Gasteiger charge is 2.35. The monoisotopic (exact) mass is 468 g/mol. The second-order valence-corrected chi connectivity index (χ2v) is 7.82. The molecule has 0 saturated heterocycles. The van der Waals surface area contributed by atoms with E-state index in [9.17, 15) is 19.2 Å². The van der Waals surface area contributed by atoms with Gasteiger partial charge in [-0.3, -0.25) is 24.1 Å². The van der Waals surface area contributed by atoms with Crippen LogP contribution in [0.4, 0.5) is 0 Å². The summed E-state index contributed by atoms with van der Waals surface area (Å²) < 4.78 is 15.6. The summed E-state index contributed by atoms with van der Waals surface area (Å²) in [4.78, 5) is 52.3. The minimum absolute atomic E-state index is 0.110. The Morgan fingerprint density at radius 2 is 1.65 bits per heavy atom. The van der Waals surface area contributed by atoms with E-state index in [0.29, 0.717) is 35.7 Å². The predicted molar refractivity (Wildman–Crippen MR) is 123 cm³/mol. The molecule has 0 bridgehead atoms. The number of nitrogens with zero attached hydrogens (tertiary/aromatic N) is 2. The fraction of sp³-hybridized carbons (Fsp3) is 0.360. The highest BCUT2D eigenvalue weighted by Crippen LogP contribution is 2.28. The SMILES string of the molecule is CCN(Cc1ccc(OC)c(OC)c1)C(=O)COC(=O)CCN1C(=O)c2ccc(C)cc2C1=O. The number of hydrogen-bond donors (Lipinski definition) is 0. The van der Waals surface area contributed by atoms with Crippen LogP contribution < -0.4 is 9.47 Å². The Labute approximate surface area is 198 Å². The lowest BCUT2D eigenvalue weighted by Gasteiger charge is -2.21. The number of imide groups is 1. The average molecular weight is 469 g/mol. The number of rotatable bonds is 10. The maximum atomic E-state index is 12.6. The maximum Gasteiger partial charge on any atom is 0.308 e. The molecule has 2 aromatic carbocycles. The molecule has 0 aromatic heterocycles. The smallest absolute Gasteiger partial charge is 0.308 e. The van der Waals surface area contributed by atoms with E-state index in [1.807, 2.05) is 19.9 Å². The Hall–Kier alpha value is -3.88. The van der Waals surface area contributed by atoms with E-state index >= 15 is 0 Å². The number of fused-ring (bicyclic) bond motifs is 1. The summed E-state index contributed by atoms with van der Waals surface area (Å²) >= 11 is 0. The summed E-state index contributed by atoms with van der Waals surface area (Å²) in [5.41, 5.74) is 2.36. The van der Waals surface area contributed by atoms with Crippen molar-refractivity contribution in [3.63, 3.8) is 0 Å². The van der Waals surface area contributed by atoms with Crippen molar-refractivity contribution in [1.29, 1.82) is 0 Å². The standard InChI is InChI=1S/C25H28N2O7/c1-5-26(14-17-7-9-20(32-3)21(13-17)33-4)22(28)15-34-23(29)10-11-27-24(30)18-8-6-16(2)12-19(18)25(27)31/h6-9,12-13H,5,10-11,14-15H2,1-4H3. The molecular formula is C25H28N2O7. The Morgan fingerprint density at radius 1 is 0.941 bits per heavy atom. The number of aryl methyl sites for hydroxylation is 1. The van der Waals surface area contributed by atoms with Crippen LogP contribution in [0.1, 0.15) is 45.2 Å². The maximum absolute atomic E-state index is 12.6. The van der Waals surface area contributed by atoms with E-state index in [4.69, 9.17) is 14.2 Å². The number of methoxy groups -OCH3 is 2. The van der Waals surface area contributed by atoms with Gasteiger partial charge >= 0.3 is 5.97 Å². The Bertz CT molecular complexity index is 1110. The number of hydrogen-bond acceptors (Lipinski definition) is 7. The Kier molecular flexibility index (Phi) is 7.88. The zero-order valence-corrected chi connectivity index (χ0v) is 19.8. The molecule has 0 spiro atoms. The highest BCUT2D eigenvalue weighted by molar-refractivity contribution is 6.21. The van der Waals surface area contributed by atoms with Crippen molar-refractivity contribution in [3.05, 3.63) is 58.7 Å². The zero-order valence-electron chi connectivity index (χ0n) is 19.8. The molecule has 0 fully saturated rings. The minimum Gasteiger partial charge on any atom is -0.493 e. The zero-order chi connectivity index (χ0) is 24.8. The third kappa shape index (κ3) is 5.36. The Balaban J connectivity index is 1.51. The molecule has 1 aliphatic heterocycles. The number of amides is 3. The number of carbonyl (C=O) groups is 4. The third-order valence-corrected chi connectivity index (χ3v) is 5.58. The van der Waals surface area contributed by atoms with Crippen LogP contribution in [0.3, 0.4) is 0 Å². The molecule has 3 amide bonds. The van der Waals surface area contributed by atoms with Crippen molar-refractivity contribution in [3.8, 4) is 11.5 Å². The fourth-order valence-corrected chi connectivity index (χ4v) is 3.69. The van der Waals surface area contributed by atoms with Gasteiger partial charge in [-0.25, -0.2) is 0 Å². The third-order valence-electron chi connectivity index (χ3n) is 5.58. The van der Waals surface area contributed by atoms with Gasteiger partial charge in [-0.15, -0.1) is 0 Å². The molecule has 0 aliphatic carbocycles. The van der Waals surface area contributed by atoms with Crippen LogP contribution in [-0.4, -0.2) is 67.4 Å². The molecule has 1 aliphatic rings. The van der Waals surface area contributed by atoms with Gasteiger partial charge in [0.25, 0.3) is 17.7 Å². The molecule has 0 atom stereocenters. The number of carbonyl (C=O) groups excluding carboxylic acids is 4. The van der Waals surface area contributed by atoms with Gasteiger partial charge in [0, 0.05) is 19.6 Å². The molecule has 34 heavy (non-hydrogen) atoms. The molecular weight excluding hydrogens is 440 g/mol. The molecule has 180 valence electrons. The Morgan fingerprint density at radius 3 is 2.32 bits per heavy atom. The molecule has 9 nitrogen and oxygen atoms in total. The minimum atomic E-state index is -0.664. The topological polar surface area (TPSA) is 102 Å². The summed E-state index contributed by atoms with van der Waals surface area (Å²) in [6.07, 6.45) is -0.195. The van der Waals surface area contributed by atoms with Gasteiger partial charge in [0.1, 0.15) is 0 Å². The summed E-state index contributed by atoms with van der Waals surface area (Å²) in [5, 5.41) is 0. The lowest BCUT2D eigenvalue weighted by atomic mass is 10.1. The van der Waals surface area contributed by atoms with E-state index in [2.05, 4.69) is 0 Å². The number of benzene rings is 2. The van der Waals surface area contributed by atoms with Crippen molar-refractivity contribution in [2.75, 3.05) is 33.9 Å². The van der Waals surface area contributed by atoms with Gasteiger partial charge in [0.2, 0.25) is 0 Å². The molecule has 3 rings (SSSR count). The van der Waals surface area contributed by atoms with E-state index < -0.39 is 24.4 Å². The van der Waals surface area contributed by atoms with Gasteiger partial charge in [0.05, 0.1) is 31.8 Å². The molecule has 2 aromatic rings. The van der Waals surface area contributed by atoms with Gasteiger partial charge in [-0.2, -0.15) is 0 Å². The predicted octanol–water partition coefficient (Wildman–Crippen LogP) is 2.59. The second-order valence-electron chi connectivity index (χ2n) is 7.82. The first-order valence-electron chi connectivity index (χ1n) is 10.9. The number of esters is 1. The molecule has 1 heterocycles. The summed E-state index contributed by atoms with van der Waals surface area (Å²) in [6, 6.07) is 10.4. The summed E-state index contributed by atoms with van der Waals surface area (Å²) in [6.45, 7) is 3.84. The van der Waals surface area contributed by atoms with E-state index in [1.165, 1.54) is 7.11 Å². The largest absolute Gasteiger partial charge is 0.493 e. The molecule has 0 radical (unpaired) electrons. The van der Waals surface area contributed by atoms with Crippen molar-refractivity contribution in [1.82, 2.24) is 9.80 Å². The quantitative estimate of drug-likeness (QED) is 0.390. The average Bonchev–Trinajstić information content (AvgIpc) is 3.07.